The van der Waals surface area contributed by atoms with Crippen LogP contribution in [0.4, 0.5) is 0 Å². The van der Waals surface area contributed by atoms with Crippen LogP contribution in [0.3, 0.4) is 0 Å². The number of rotatable bonds is 1. The minimum atomic E-state index is 0.399. The maximum Gasteiger partial charge on any atom is 0.155 e. The molecule has 0 aromatic heterocycles. The fourth-order valence-corrected chi connectivity index (χ4v) is 6.79. The summed E-state index contributed by atoms with van der Waals surface area (Å²) in [6.07, 6.45) is 13.9. The summed E-state index contributed by atoms with van der Waals surface area (Å²) in [6, 6.07) is 0. The molecule has 4 aliphatic rings. The first kappa shape index (κ1) is 14.0. The zero-order valence-electron chi connectivity index (χ0n) is 13.7. The Morgan fingerprint density at radius 1 is 1.24 bits per heavy atom. The molecule has 0 heterocycles. The second kappa shape index (κ2) is 4.96. The molecular formula is C20H30O. The highest BCUT2D eigenvalue weighted by molar-refractivity contribution is 5.91. The predicted octanol–water partition coefficient (Wildman–Crippen LogP) is 5.15. The highest BCUT2D eigenvalue weighted by atomic mass is 16.1. The average molecular weight is 286 g/mol. The lowest BCUT2D eigenvalue weighted by atomic mass is 9.49. The van der Waals surface area contributed by atoms with E-state index in [4.69, 9.17) is 0 Å². The normalized spacial score (nSPS) is 49.1. The van der Waals surface area contributed by atoms with Crippen LogP contribution in [0.15, 0.2) is 11.6 Å². The number of fused-ring (bicyclic) bond motifs is 5. The van der Waals surface area contributed by atoms with Gasteiger partial charge in [0.1, 0.15) is 0 Å². The van der Waals surface area contributed by atoms with Gasteiger partial charge in [-0.1, -0.05) is 32.3 Å². The summed E-state index contributed by atoms with van der Waals surface area (Å²) in [6.45, 7) is 4.97. The van der Waals surface area contributed by atoms with Crippen molar-refractivity contribution in [2.75, 3.05) is 0 Å². The molecule has 1 heteroatoms. The van der Waals surface area contributed by atoms with Crippen molar-refractivity contribution in [1.29, 1.82) is 0 Å². The van der Waals surface area contributed by atoms with Crippen LogP contribution in [0, 0.1) is 35.0 Å². The third kappa shape index (κ3) is 2.06. The van der Waals surface area contributed by atoms with Gasteiger partial charge in [0.25, 0.3) is 0 Å². The Kier molecular flexibility index (Phi) is 3.32. The monoisotopic (exact) mass is 286 g/mol. The fraction of sp³-hybridized carbons (Fsp3) is 0.850. The molecule has 0 unspecified atom stereocenters. The van der Waals surface area contributed by atoms with Crippen LogP contribution >= 0.6 is 0 Å². The van der Waals surface area contributed by atoms with E-state index < -0.39 is 0 Å². The van der Waals surface area contributed by atoms with Gasteiger partial charge in [-0.2, -0.15) is 0 Å². The van der Waals surface area contributed by atoms with Gasteiger partial charge >= 0.3 is 0 Å². The van der Waals surface area contributed by atoms with E-state index in [1.165, 1.54) is 44.9 Å². The van der Waals surface area contributed by atoms with Gasteiger partial charge in [0.15, 0.2) is 5.78 Å². The van der Waals surface area contributed by atoms with Gasteiger partial charge in [0, 0.05) is 6.42 Å². The van der Waals surface area contributed by atoms with Crippen molar-refractivity contribution in [3.05, 3.63) is 11.6 Å². The SMILES string of the molecule is CC[C@@H]1CC2=CC(=O)CC[C@@H]2[C@H]2CC[C@]3(C)CCC[C@H]3[C@H]12. The first-order valence-corrected chi connectivity index (χ1v) is 9.35. The van der Waals surface area contributed by atoms with E-state index >= 15 is 0 Å². The van der Waals surface area contributed by atoms with Crippen molar-refractivity contribution in [2.24, 2.45) is 35.0 Å². The molecular weight excluding hydrogens is 256 g/mol. The van der Waals surface area contributed by atoms with Crippen molar-refractivity contribution in [3.63, 3.8) is 0 Å². The average Bonchev–Trinajstić information content (AvgIpc) is 2.87. The molecule has 3 fully saturated rings. The van der Waals surface area contributed by atoms with E-state index in [-0.39, 0.29) is 0 Å². The number of carbonyl (C=O) groups is 1. The quantitative estimate of drug-likeness (QED) is 0.651. The molecule has 0 aromatic carbocycles. The van der Waals surface area contributed by atoms with Gasteiger partial charge in [0.05, 0.1) is 0 Å². The fourth-order valence-electron chi connectivity index (χ4n) is 6.79. The minimum Gasteiger partial charge on any atom is -0.295 e. The van der Waals surface area contributed by atoms with Gasteiger partial charge in [0.2, 0.25) is 0 Å². The number of hydrogen-bond donors (Lipinski definition) is 0. The molecule has 4 rings (SSSR count). The molecule has 0 N–H and O–H groups in total. The molecule has 1 nitrogen and oxygen atoms in total. The summed E-state index contributed by atoms with van der Waals surface area (Å²) in [4.78, 5) is 11.8. The lowest BCUT2D eigenvalue weighted by molar-refractivity contribution is -0.116. The van der Waals surface area contributed by atoms with E-state index in [0.717, 1.165) is 42.4 Å². The van der Waals surface area contributed by atoms with E-state index in [0.29, 0.717) is 11.2 Å². The summed E-state index contributed by atoms with van der Waals surface area (Å²) < 4.78 is 0. The molecule has 6 atom stereocenters. The third-order valence-electron chi connectivity index (χ3n) is 7.77. The Bertz CT molecular complexity index is 476. The van der Waals surface area contributed by atoms with Crippen molar-refractivity contribution in [2.45, 2.75) is 71.6 Å². The predicted molar refractivity (Wildman–Crippen MR) is 85.9 cm³/mol. The van der Waals surface area contributed by atoms with Gasteiger partial charge < -0.3 is 0 Å². The largest absolute Gasteiger partial charge is 0.295 e. The number of carbonyl (C=O) groups excluding carboxylic acids is 1. The van der Waals surface area contributed by atoms with Gasteiger partial charge in [-0.3, -0.25) is 4.79 Å². The van der Waals surface area contributed by atoms with E-state index in [1.54, 1.807) is 5.57 Å². The zero-order chi connectivity index (χ0) is 14.6. The lowest BCUT2D eigenvalue weighted by Gasteiger charge is -2.55. The van der Waals surface area contributed by atoms with Gasteiger partial charge in [-0.25, -0.2) is 0 Å². The molecule has 0 spiro atoms. The second-order valence-electron chi connectivity index (χ2n) is 8.64. The summed E-state index contributed by atoms with van der Waals surface area (Å²) in [5.41, 5.74) is 2.20. The van der Waals surface area contributed by atoms with E-state index in [9.17, 15) is 4.79 Å². The van der Waals surface area contributed by atoms with Crippen LogP contribution in [-0.4, -0.2) is 5.78 Å². The first-order valence-electron chi connectivity index (χ1n) is 9.35. The summed E-state index contributed by atoms with van der Waals surface area (Å²) in [5.74, 6) is 4.87. The molecule has 4 aliphatic carbocycles. The Morgan fingerprint density at radius 2 is 2.10 bits per heavy atom. The maximum atomic E-state index is 11.8. The molecule has 0 aromatic rings. The highest BCUT2D eigenvalue weighted by Gasteiger charge is 2.54. The van der Waals surface area contributed by atoms with Crippen LogP contribution in [-0.2, 0) is 4.79 Å². The minimum absolute atomic E-state index is 0.399. The van der Waals surface area contributed by atoms with Crippen molar-refractivity contribution in [3.8, 4) is 0 Å². The summed E-state index contributed by atoms with van der Waals surface area (Å²) in [7, 11) is 0. The van der Waals surface area contributed by atoms with Crippen LogP contribution in [0.25, 0.3) is 0 Å². The van der Waals surface area contributed by atoms with Gasteiger partial charge in [-0.15, -0.1) is 0 Å². The van der Waals surface area contributed by atoms with Gasteiger partial charge in [-0.05, 0) is 79.6 Å². The van der Waals surface area contributed by atoms with Crippen molar-refractivity contribution >= 4 is 5.78 Å². The standard InChI is InChI=1S/C20H30O/c1-3-13-11-14-12-15(21)6-7-16(14)17-8-10-20(2)9-4-5-18(20)19(13)17/h12-13,16-19H,3-11H2,1-2H3/t13-,16+,17-,18+,19-,20+/m1/s1. The Morgan fingerprint density at radius 3 is 2.90 bits per heavy atom. The smallest absolute Gasteiger partial charge is 0.155 e. The van der Waals surface area contributed by atoms with Crippen molar-refractivity contribution < 1.29 is 4.79 Å². The Hall–Kier alpha value is -0.590. The Labute approximate surface area is 129 Å². The van der Waals surface area contributed by atoms with Crippen LogP contribution in [0.5, 0.6) is 0 Å². The molecule has 0 bridgehead atoms. The van der Waals surface area contributed by atoms with E-state index in [1.807, 2.05) is 0 Å². The molecule has 0 aliphatic heterocycles. The molecule has 0 amide bonds. The third-order valence-corrected chi connectivity index (χ3v) is 7.77. The topological polar surface area (TPSA) is 17.1 Å². The lowest BCUT2D eigenvalue weighted by Crippen LogP contribution is -2.48. The van der Waals surface area contributed by atoms with Crippen LogP contribution in [0.2, 0.25) is 0 Å². The molecule has 3 saturated carbocycles. The summed E-state index contributed by atoms with van der Waals surface area (Å²) >= 11 is 0. The number of allylic oxidation sites excluding steroid dienone is 1. The first-order chi connectivity index (χ1) is 10.1. The molecule has 0 saturated heterocycles. The van der Waals surface area contributed by atoms with E-state index in [2.05, 4.69) is 19.9 Å². The Balaban J connectivity index is 1.70. The number of ketones is 1. The van der Waals surface area contributed by atoms with Crippen LogP contribution in [0.1, 0.15) is 71.6 Å². The molecule has 21 heavy (non-hydrogen) atoms. The summed E-state index contributed by atoms with van der Waals surface area (Å²) in [5, 5.41) is 0. The van der Waals surface area contributed by atoms with Crippen LogP contribution < -0.4 is 0 Å². The zero-order valence-corrected chi connectivity index (χ0v) is 13.7. The molecule has 0 radical (unpaired) electrons. The maximum absolute atomic E-state index is 11.8. The number of hydrogen-bond acceptors (Lipinski definition) is 1. The molecule has 116 valence electrons. The second-order valence-corrected chi connectivity index (χ2v) is 8.64. The van der Waals surface area contributed by atoms with Crippen molar-refractivity contribution in [1.82, 2.24) is 0 Å². The highest BCUT2D eigenvalue weighted by Crippen LogP contribution is 2.63.